The van der Waals surface area contributed by atoms with Crippen LogP contribution in [-0.2, 0) is 29.0 Å². The van der Waals surface area contributed by atoms with Crippen LogP contribution >= 0.6 is 34.0 Å². The number of nitrogens with one attached hydrogen (secondary N) is 2. The Kier molecular flexibility index (Phi) is 6.35. The second-order valence-corrected chi connectivity index (χ2v) is 9.22. The smallest absolute Gasteiger partial charge is 0.232 e. The first-order valence-corrected chi connectivity index (χ1v) is 11.0. The third-order valence-corrected chi connectivity index (χ3v) is 6.71. The number of aryl methyl sites for hydroxylation is 2. The zero-order valence-electron chi connectivity index (χ0n) is 15.3. The van der Waals surface area contributed by atoms with Crippen LogP contribution < -0.4 is 10.6 Å². The van der Waals surface area contributed by atoms with Crippen molar-refractivity contribution in [1.82, 2.24) is 15.3 Å². The number of aromatic nitrogens is 2. The van der Waals surface area contributed by atoms with Crippen LogP contribution in [0.4, 0.5) is 5.13 Å². The van der Waals surface area contributed by atoms with Gasteiger partial charge in [-0.15, -0.1) is 34.0 Å². The molecule has 0 bridgehead atoms. The van der Waals surface area contributed by atoms with Gasteiger partial charge in [0, 0.05) is 22.1 Å². The van der Waals surface area contributed by atoms with E-state index in [9.17, 15) is 9.59 Å². The molecule has 0 saturated heterocycles. The molecule has 0 radical (unpaired) electrons. The molecule has 3 heterocycles. The van der Waals surface area contributed by atoms with Gasteiger partial charge in [0.15, 0.2) is 5.13 Å². The van der Waals surface area contributed by atoms with E-state index in [2.05, 4.69) is 27.5 Å². The second kappa shape index (κ2) is 8.73. The van der Waals surface area contributed by atoms with E-state index in [1.165, 1.54) is 18.3 Å². The molecule has 142 valence electrons. The van der Waals surface area contributed by atoms with E-state index >= 15 is 0 Å². The van der Waals surface area contributed by atoms with Crippen molar-refractivity contribution in [3.8, 4) is 10.6 Å². The average molecular weight is 421 g/mol. The highest BCUT2D eigenvalue weighted by atomic mass is 32.1. The Labute approximate surface area is 169 Å². The van der Waals surface area contributed by atoms with Gasteiger partial charge in [-0.3, -0.25) is 9.59 Å². The largest absolute Gasteiger partial charge is 0.351 e. The molecule has 0 aliphatic rings. The van der Waals surface area contributed by atoms with Crippen LogP contribution in [0.3, 0.4) is 0 Å². The van der Waals surface area contributed by atoms with E-state index in [-0.39, 0.29) is 18.2 Å². The van der Waals surface area contributed by atoms with Crippen LogP contribution in [0.2, 0.25) is 0 Å². The lowest BCUT2D eigenvalue weighted by Gasteiger charge is -1.99. The Morgan fingerprint density at radius 1 is 1.19 bits per heavy atom. The van der Waals surface area contributed by atoms with Crippen molar-refractivity contribution < 1.29 is 9.59 Å². The first kappa shape index (κ1) is 19.7. The number of hydrogen-bond donors (Lipinski definition) is 2. The number of carbonyl (C=O) groups is 2. The fourth-order valence-electron chi connectivity index (χ4n) is 2.41. The van der Waals surface area contributed by atoms with Crippen molar-refractivity contribution in [2.75, 3.05) is 5.32 Å². The Hall–Kier alpha value is -2.10. The summed E-state index contributed by atoms with van der Waals surface area (Å²) >= 11 is 4.63. The van der Waals surface area contributed by atoms with Crippen molar-refractivity contribution in [1.29, 1.82) is 0 Å². The Morgan fingerprint density at radius 2 is 2.00 bits per heavy atom. The molecule has 27 heavy (non-hydrogen) atoms. The highest BCUT2D eigenvalue weighted by Crippen LogP contribution is 2.34. The van der Waals surface area contributed by atoms with Gasteiger partial charge in [0.2, 0.25) is 11.8 Å². The predicted molar refractivity (Wildman–Crippen MR) is 112 cm³/mol. The van der Waals surface area contributed by atoms with Crippen molar-refractivity contribution in [2.24, 2.45) is 0 Å². The van der Waals surface area contributed by atoms with E-state index in [0.717, 1.165) is 37.4 Å². The van der Waals surface area contributed by atoms with E-state index < -0.39 is 0 Å². The Morgan fingerprint density at radius 3 is 2.70 bits per heavy atom. The number of thiophene rings is 1. The van der Waals surface area contributed by atoms with Gasteiger partial charge in [-0.25, -0.2) is 9.97 Å². The van der Waals surface area contributed by atoms with Crippen LogP contribution in [0, 0.1) is 6.92 Å². The summed E-state index contributed by atoms with van der Waals surface area (Å²) in [7, 11) is 0. The normalized spacial score (nSPS) is 10.8. The predicted octanol–water partition coefficient (Wildman–Crippen LogP) is 4.02. The minimum absolute atomic E-state index is 0.0500. The summed E-state index contributed by atoms with van der Waals surface area (Å²) in [4.78, 5) is 35.5. The van der Waals surface area contributed by atoms with Crippen molar-refractivity contribution in [3.63, 3.8) is 0 Å². The number of thiazole rings is 2. The summed E-state index contributed by atoms with van der Waals surface area (Å²) in [6.45, 7) is 6.06. The highest BCUT2D eigenvalue weighted by Gasteiger charge is 2.15. The van der Waals surface area contributed by atoms with Crippen LogP contribution in [0.5, 0.6) is 0 Å². The van der Waals surface area contributed by atoms with Gasteiger partial charge < -0.3 is 10.6 Å². The lowest BCUT2D eigenvalue weighted by Crippen LogP contribution is -2.17. The zero-order chi connectivity index (χ0) is 19.4. The molecule has 0 aliphatic heterocycles. The van der Waals surface area contributed by atoms with Gasteiger partial charge >= 0.3 is 0 Å². The maximum atomic E-state index is 12.3. The van der Waals surface area contributed by atoms with Crippen molar-refractivity contribution >= 4 is 51.0 Å². The van der Waals surface area contributed by atoms with Gasteiger partial charge in [-0.2, -0.15) is 0 Å². The fraction of sp³-hybridized carbons (Fsp3) is 0.333. The molecule has 0 fully saturated rings. The highest BCUT2D eigenvalue weighted by molar-refractivity contribution is 7.18. The lowest BCUT2D eigenvalue weighted by molar-refractivity contribution is -0.119. The molecule has 0 aliphatic carbocycles. The van der Waals surface area contributed by atoms with Gasteiger partial charge in [-0.05, 0) is 25.5 Å². The summed E-state index contributed by atoms with van der Waals surface area (Å²) in [6.07, 6.45) is 1.14. The molecule has 3 aromatic heterocycles. The third-order valence-electron chi connectivity index (χ3n) is 3.69. The number of nitrogens with zero attached hydrogens (tertiary/aromatic N) is 2. The van der Waals surface area contributed by atoms with E-state index in [0.29, 0.717) is 11.7 Å². The molecule has 3 aromatic rings. The van der Waals surface area contributed by atoms with Crippen LogP contribution in [0.1, 0.15) is 34.3 Å². The molecule has 2 N–H and O–H groups in total. The molecule has 9 heteroatoms. The number of carbonyl (C=O) groups excluding carboxylic acids is 2. The molecule has 0 aromatic carbocycles. The molecule has 2 amide bonds. The quantitative estimate of drug-likeness (QED) is 0.605. The van der Waals surface area contributed by atoms with Gasteiger partial charge in [-0.1, -0.05) is 6.92 Å². The molecule has 0 atom stereocenters. The molecule has 6 nitrogen and oxygen atoms in total. The first-order valence-electron chi connectivity index (χ1n) is 8.48. The van der Waals surface area contributed by atoms with Crippen molar-refractivity contribution in [3.05, 3.63) is 38.0 Å². The summed E-state index contributed by atoms with van der Waals surface area (Å²) in [5.41, 5.74) is 1.67. The third kappa shape index (κ3) is 5.21. The minimum Gasteiger partial charge on any atom is -0.351 e. The molecular weight excluding hydrogens is 400 g/mol. The Balaban J connectivity index is 1.65. The average Bonchev–Trinajstić information content (AvgIpc) is 3.33. The van der Waals surface area contributed by atoms with E-state index in [1.807, 2.05) is 24.4 Å². The summed E-state index contributed by atoms with van der Waals surface area (Å²) in [5, 5.41) is 9.23. The van der Waals surface area contributed by atoms with Gasteiger partial charge in [0.1, 0.15) is 0 Å². The fourth-order valence-corrected chi connectivity index (χ4v) is 5.06. The van der Waals surface area contributed by atoms with Gasteiger partial charge in [0.05, 0.1) is 34.2 Å². The number of hydrogen-bond acceptors (Lipinski definition) is 7. The van der Waals surface area contributed by atoms with E-state index in [1.54, 1.807) is 22.7 Å². The van der Waals surface area contributed by atoms with Crippen molar-refractivity contribution in [2.45, 2.75) is 40.2 Å². The Bertz CT molecular complexity index is 958. The van der Waals surface area contributed by atoms with Crippen LogP contribution in [0.15, 0.2) is 17.5 Å². The molecule has 0 saturated carbocycles. The number of amides is 2. The second-order valence-electron chi connectivity index (χ2n) is 5.91. The van der Waals surface area contributed by atoms with Crippen LogP contribution in [0.25, 0.3) is 10.6 Å². The summed E-state index contributed by atoms with van der Waals surface area (Å²) in [6, 6.07) is 3.98. The number of anilines is 1. The first-order chi connectivity index (χ1) is 12.9. The topological polar surface area (TPSA) is 84.0 Å². The number of rotatable bonds is 7. The molecular formula is C18H20N4O2S3. The lowest BCUT2D eigenvalue weighted by atomic mass is 10.3. The molecule has 0 spiro atoms. The minimum atomic E-state index is -0.110. The SMILES string of the molecule is CCc1nc(CC(=O)Nc2nc(-c3ccc(CNC(C)=O)s3)c(C)s2)cs1. The summed E-state index contributed by atoms with van der Waals surface area (Å²) < 4.78 is 0. The maximum Gasteiger partial charge on any atom is 0.232 e. The maximum absolute atomic E-state index is 12.3. The van der Waals surface area contributed by atoms with E-state index in [4.69, 9.17) is 0 Å². The monoisotopic (exact) mass is 420 g/mol. The zero-order valence-corrected chi connectivity index (χ0v) is 17.7. The standard InChI is InChI=1S/C18H20N4O2S3/c1-4-16-20-12(9-25-16)7-15(24)21-18-22-17(10(2)26-18)14-6-5-13(27-14)8-19-11(3)23/h5-6,9H,4,7-8H2,1-3H3,(H,19,23)(H,21,22,24). The summed E-state index contributed by atoms with van der Waals surface area (Å²) in [5.74, 6) is -0.160. The van der Waals surface area contributed by atoms with Gasteiger partial charge in [0.25, 0.3) is 0 Å². The molecule has 3 rings (SSSR count). The molecule has 0 unspecified atom stereocenters. The van der Waals surface area contributed by atoms with Crippen LogP contribution in [-0.4, -0.2) is 21.8 Å².